The van der Waals surface area contributed by atoms with E-state index in [1.807, 2.05) is 73.2 Å². The van der Waals surface area contributed by atoms with Crippen LogP contribution in [0.4, 0.5) is 21.8 Å². The molecule has 0 aliphatic heterocycles. The van der Waals surface area contributed by atoms with E-state index in [1.54, 1.807) is 38.8 Å². The van der Waals surface area contributed by atoms with Crippen molar-refractivity contribution in [1.29, 1.82) is 0 Å². The molecule has 1 aromatic carbocycles. The van der Waals surface area contributed by atoms with Crippen molar-refractivity contribution in [2.75, 3.05) is 48.9 Å². The fraction of sp³-hybridized carbons (Fsp3) is 0.558. The van der Waals surface area contributed by atoms with Crippen LogP contribution in [0, 0.1) is 11.3 Å². The quantitative estimate of drug-likeness (QED) is 0.0700. The molecule has 0 bridgehead atoms. The molecule has 92 heavy (non-hydrogen) atoms. The second kappa shape index (κ2) is 44.3. The van der Waals surface area contributed by atoms with Gasteiger partial charge in [-0.2, -0.15) is 0 Å². The van der Waals surface area contributed by atoms with Crippen molar-refractivity contribution in [2.45, 2.75) is 240 Å². The lowest BCUT2D eigenvalue weighted by Gasteiger charge is -2.19. The van der Waals surface area contributed by atoms with E-state index < -0.39 is 6.17 Å². The molecule has 6 aromatic heterocycles. The molecule has 0 aliphatic carbocycles. The lowest BCUT2D eigenvalue weighted by molar-refractivity contribution is 0.190. The van der Waals surface area contributed by atoms with Crippen LogP contribution in [0.25, 0.3) is 0 Å². The Morgan fingerprint density at radius 1 is 0.435 bits per heavy atom. The summed E-state index contributed by atoms with van der Waals surface area (Å²) in [5.74, 6) is 8.86. The molecule has 7 rings (SSSR count). The van der Waals surface area contributed by atoms with Crippen LogP contribution in [0.3, 0.4) is 0 Å². The zero-order chi connectivity index (χ0) is 69.7. The number of nitrogens with zero attached hydrogens (tertiary/aromatic N) is 9. The first-order chi connectivity index (χ1) is 43.2. The van der Waals surface area contributed by atoms with Crippen LogP contribution < -0.4 is 29.7 Å². The van der Waals surface area contributed by atoms with E-state index in [0.717, 1.165) is 53.2 Å². The molecule has 1 atom stereocenters. The summed E-state index contributed by atoms with van der Waals surface area (Å²) >= 11 is 0. The Bertz CT molecular complexity index is 2970. The van der Waals surface area contributed by atoms with Gasteiger partial charge in [-0.05, 0) is 153 Å². The molecular weight excluding hydrogens is 1150 g/mol. The predicted octanol–water partition coefficient (Wildman–Crippen LogP) is 20.8. The number of ether oxygens (including phenoxy) is 3. The number of benzene rings is 1. The first kappa shape index (κ1) is 82.7. The number of pyridine rings is 4. The molecule has 6 heterocycles. The average Bonchev–Trinajstić information content (AvgIpc) is 2.67. The van der Waals surface area contributed by atoms with E-state index >= 15 is 0 Å². The number of methoxy groups -OCH3 is 1. The number of anilines is 3. The molecule has 1 unspecified atom stereocenters. The largest absolute Gasteiger partial charge is 0.481 e. The number of hydrogen-bond acceptors (Lipinski definition) is 14. The third-order valence-electron chi connectivity index (χ3n) is 13.5. The van der Waals surface area contributed by atoms with Gasteiger partial charge in [0.25, 0.3) is 0 Å². The van der Waals surface area contributed by atoms with E-state index in [9.17, 15) is 4.39 Å². The summed E-state index contributed by atoms with van der Waals surface area (Å²) in [5.41, 5.74) is 9.06. The Labute approximate surface area is 558 Å². The lowest BCUT2D eigenvalue weighted by atomic mass is 9.99. The van der Waals surface area contributed by atoms with E-state index in [0.29, 0.717) is 90.3 Å². The monoisotopic (exact) mass is 1270 g/mol. The van der Waals surface area contributed by atoms with Gasteiger partial charge in [-0.25, -0.2) is 34.3 Å². The van der Waals surface area contributed by atoms with Crippen molar-refractivity contribution in [2.24, 2.45) is 11.3 Å². The van der Waals surface area contributed by atoms with Crippen LogP contribution in [0.1, 0.15) is 273 Å². The molecule has 0 spiro atoms. The van der Waals surface area contributed by atoms with Crippen molar-refractivity contribution in [1.82, 2.24) is 39.9 Å². The Hall–Kier alpha value is -7.29. The van der Waals surface area contributed by atoms with Gasteiger partial charge in [0.2, 0.25) is 17.6 Å². The molecular formula is C77H122FN11O3. The number of halogens is 1. The smallest absolute Gasteiger partial charge is 0.232 e. The maximum absolute atomic E-state index is 12.9. The SMILES string of the molecule is CC(C)COc1cncc(C(C)C)n1.CC(C)Nc1ccc(C(C)C)cn1.CC(C)Nc1cccc(C(C)C)n1.CC(C)c1cccc(C(C)F)c1.CC(C)c1cncc(OCC(C)(C)C)n1.CCN(CC)c1ccc(C(C)C)cn1.COc1ccc(C(C)C)cn1. The molecule has 0 fully saturated rings. The van der Waals surface area contributed by atoms with Gasteiger partial charge in [0.05, 0.1) is 44.1 Å². The maximum atomic E-state index is 12.9. The average molecular weight is 1270 g/mol. The van der Waals surface area contributed by atoms with E-state index in [1.165, 1.54) is 22.3 Å². The predicted molar refractivity (Wildman–Crippen MR) is 389 cm³/mol. The van der Waals surface area contributed by atoms with Gasteiger partial charge in [0, 0.05) is 67.9 Å². The van der Waals surface area contributed by atoms with Crippen LogP contribution in [0.2, 0.25) is 0 Å². The van der Waals surface area contributed by atoms with Crippen LogP contribution in [-0.4, -0.2) is 85.4 Å². The van der Waals surface area contributed by atoms with Gasteiger partial charge in [-0.3, -0.25) is 9.97 Å². The number of rotatable bonds is 21. The van der Waals surface area contributed by atoms with Gasteiger partial charge in [0.1, 0.15) is 23.6 Å². The summed E-state index contributed by atoms with van der Waals surface area (Å²) in [6, 6.07) is 27.1. The van der Waals surface area contributed by atoms with Crippen LogP contribution >= 0.6 is 0 Å². The highest BCUT2D eigenvalue weighted by Gasteiger charge is 2.13. The molecule has 2 N–H and O–H groups in total. The minimum atomic E-state index is -0.858. The van der Waals surface area contributed by atoms with Crippen molar-refractivity contribution < 1.29 is 18.6 Å². The highest BCUT2D eigenvalue weighted by Crippen LogP contribution is 2.24. The van der Waals surface area contributed by atoms with Gasteiger partial charge in [0.15, 0.2) is 0 Å². The second-order valence-corrected chi connectivity index (χ2v) is 27.3. The van der Waals surface area contributed by atoms with Gasteiger partial charge in [-0.15, -0.1) is 0 Å². The van der Waals surface area contributed by atoms with Crippen molar-refractivity contribution in [3.8, 4) is 17.6 Å². The summed E-state index contributed by atoms with van der Waals surface area (Å²) in [6.07, 6.45) is 11.8. The standard InChI is InChI=1S/C12H20N2O.C12H20N2.C11H15F.C11H18N2O.2C11H18N2.C9H13NO/c1-9(2)10-6-13-7-11(14-10)15-8-12(3,4)5;1-5-14(6-2)12-8-7-11(9-13-12)10(3)4;1-8(2)10-5-4-6-11(7-10)9(3)12;1-8(2)7-14-11-6-12-5-10(13-11)9(3)4;1-8(2)10-5-6-11(12-7-10)13-9(3)4;1-8(2)10-6-5-7-11(13-10)12-9(3)4;1-7(2)8-4-5-9(11-3)10-6-8/h6-7,9H,8H2,1-5H3;7-10H,5-6H2,1-4H3;4-9H,1-3H3;5-6,8-9H,7H2,1-4H3;2*5-9H,1-4H3,(H,12,13);4-7H,1-3H3. The Morgan fingerprint density at radius 2 is 0.891 bits per heavy atom. The first-order valence-corrected chi connectivity index (χ1v) is 33.5. The molecule has 15 heteroatoms. The van der Waals surface area contributed by atoms with E-state index in [-0.39, 0.29) is 5.41 Å². The fourth-order valence-corrected chi connectivity index (χ4v) is 7.73. The molecule has 0 radical (unpaired) electrons. The van der Waals surface area contributed by atoms with Crippen molar-refractivity contribution in [3.05, 3.63) is 167 Å². The third-order valence-corrected chi connectivity index (χ3v) is 13.5. The molecule has 0 saturated heterocycles. The number of nitrogens with one attached hydrogen (secondary N) is 2. The van der Waals surface area contributed by atoms with Crippen LogP contribution in [0.15, 0.2) is 122 Å². The minimum Gasteiger partial charge on any atom is -0.481 e. The summed E-state index contributed by atoms with van der Waals surface area (Å²) in [4.78, 5) is 36.6. The Morgan fingerprint density at radius 3 is 1.28 bits per heavy atom. The molecule has 0 amide bonds. The molecule has 0 aliphatic rings. The zero-order valence-corrected chi connectivity index (χ0v) is 61.9. The van der Waals surface area contributed by atoms with Gasteiger partial charge >= 0.3 is 0 Å². The number of aromatic nitrogens is 8. The van der Waals surface area contributed by atoms with Crippen molar-refractivity contribution in [3.63, 3.8) is 0 Å². The van der Waals surface area contributed by atoms with Gasteiger partial charge < -0.3 is 29.7 Å². The summed E-state index contributed by atoms with van der Waals surface area (Å²) in [5, 5.41) is 6.55. The van der Waals surface area contributed by atoms with E-state index in [4.69, 9.17) is 14.2 Å². The molecule has 14 nitrogen and oxygen atoms in total. The maximum Gasteiger partial charge on any atom is 0.232 e. The highest BCUT2D eigenvalue weighted by atomic mass is 19.1. The molecule has 510 valence electrons. The molecule has 7 aromatic rings. The van der Waals surface area contributed by atoms with Crippen LogP contribution in [0.5, 0.6) is 17.6 Å². The Balaban J connectivity index is 0.000000538. The zero-order valence-electron chi connectivity index (χ0n) is 61.9. The number of alkyl halides is 1. The van der Waals surface area contributed by atoms with Gasteiger partial charge in [-0.1, -0.05) is 180 Å². The van der Waals surface area contributed by atoms with Crippen LogP contribution in [-0.2, 0) is 0 Å². The minimum absolute atomic E-state index is 0.148. The first-order valence-electron chi connectivity index (χ1n) is 33.5. The highest BCUT2D eigenvalue weighted by molar-refractivity contribution is 5.40. The van der Waals surface area contributed by atoms with Crippen molar-refractivity contribution >= 4 is 17.5 Å². The lowest BCUT2D eigenvalue weighted by Crippen LogP contribution is -2.22. The third kappa shape index (κ3) is 36.1. The fourth-order valence-electron chi connectivity index (χ4n) is 7.73. The summed E-state index contributed by atoms with van der Waals surface area (Å²) < 4.78 is 28.9. The van der Waals surface area contributed by atoms with E-state index in [2.05, 4.69) is 253 Å². The normalized spacial score (nSPS) is 11.3. The molecule has 0 saturated carbocycles. The Kier molecular flexibility index (Phi) is 39.8. The number of hydrogen-bond donors (Lipinski definition) is 2. The summed E-state index contributed by atoms with van der Waals surface area (Å²) in [7, 11) is 1.62. The summed E-state index contributed by atoms with van der Waals surface area (Å²) in [6.45, 7) is 58.2. The second-order valence-electron chi connectivity index (χ2n) is 27.3. The topological polar surface area (TPSA) is 158 Å².